The van der Waals surface area contributed by atoms with Crippen LogP contribution in [0.15, 0.2) is 28.7 Å². The summed E-state index contributed by atoms with van der Waals surface area (Å²) in [6.45, 7) is 0. The van der Waals surface area contributed by atoms with Gasteiger partial charge in [0.2, 0.25) is 0 Å². The second-order valence-corrected chi connectivity index (χ2v) is 3.08. The Labute approximate surface area is 90.0 Å². The largest absolute Gasteiger partial charge is 0.508 e. The zero-order valence-corrected chi connectivity index (χ0v) is 8.04. The summed E-state index contributed by atoms with van der Waals surface area (Å²) in [6.07, 6.45) is 0. The van der Waals surface area contributed by atoms with Crippen molar-refractivity contribution in [3.8, 4) is 17.1 Å². The Morgan fingerprint density at radius 1 is 1.31 bits per heavy atom. The number of aromatic carboxylic acids is 1. The van der Waals surface area contributed by atoms with Gasteiger partial charge >= 0.3 is 5.97 Å². The molecule has 2 rings (SSSR count). The molecule has 0 amide bonds. The van der Waals surface area contributed by atoms with E-state index in [0.717, 1.165) is 0 Å². The molecule has 0 radical (unpaired) electrons. The Hall–Kier alpha value is -2.50. The van der Waals surface area contributed by atoms with Crippen molar-refractivity contribution >= 4 is 12.0 Å². The van der Waals surface area contributed by atoms with E-state index in [1.807, 2.05) is 0 Å². The second-order valence-electron chi connectivity index (χ2n) is 3.08. The van der Waals surface area contributed by atoms with E-state index in [4.69, 9.17) is 20.4 Å². The molecule has 0 atom stereocenters. The third-order valence-electron chi connectivity index (χ3n) is 1.98. The van der Waals surface area contributed by atoms with Crippen molar-refractivity contribution in [3.63, 3.8) is 0 Å². The van der Waals surface area contributed by atoms with Gasteiger partial charge in [-0.15, -0.1) is 0 Å². The lowest BCUT2D eigenvalue weighted by atomic mass is 10.1. The number of nitrogens with two attached hydrogens (primary N) is 1. The van der Waals surface area contributed by atoms with Crippen molar-refractivity contribution in [2.75, 3.05) is 5.73 Å². The lowest BCUT2D eigenvalue weighted by molar-refractivity contribution is 0.0691. The molecule has 0 bridgehead atoms. The minimum Gasteiger partial charge on any atom is -0.508 e. The molecule has 2 aromatic rings. The normalized spacial score (nSPS) is 10.2. The summed E-state index contributed by atoms with van der Waals surface area (Å²) < 4.78 is 5.01. The number of phenolic OH excluding ortho intramolecular Hbond substituents is 1. The standard InChI is InChI=1S/C10H8N2O4/c11-10-12-7(9(14)15)8(16-10)5-1-3-6(13)4-2-5/h1-4,13H,(H2,11,12)(H,14,15). The molecule has 0 aliphatic rings. The number of carboxylic acid groups (broad SMARTS) is 1. The third kappa shape index (κ3) is 1.68. The maximum atomic E-state index is 10.8. The number of anilines is 1. The average molecular weight is 220 g/mol. The van der Waals surface area contributed by atoms with Gasteiger partial charge in [-0.1, -0.05) is 0 Å². The highest BCUT2D eigenvalue weighted by Crippen LogP contribution is 2.27. The Kier molecular flexibility index (Phi) is 2.24. The zero-order valence-electron chi connectivity index (χ0n) is 8.04. The molecule has 0 saturated carbocycles. The van der Waals surface area contributed by atoms with Gasteiger partial charge in [0.15, 0.2) is 11.5 Å². The van der Waals surface area contributed by atoms with Gasteiger partial charge in [-0.3, -0.25) is 0 Å². The maximum Gasteiger partial charge on any atom is 0.358 e. The van der Waals surface area contributed by atoms with Crippen LogP contribution in [0.2, 0.25) is 0 Å². The first-order chi connectivity index (χ1) is 7.58. The Morgan fingerprint density at radius 2 is 1.94 bits per heavy atom. The van der Waals surface area contributed by atoms with Crippen LogP contribution in [-0.4, -0.2) is 21.2 Å². The quantitative estimate of drug-likeness (QED) is 0.704. The van der Waals surface area contributed by atoms with Crippen LogP contribution in [0, 0.1) is 0 Å². The molecule has 1 aromatic carbocycles. The van der Waals surface area contributed by atoms with Crippen molar-refractivity contribution in [2.45, 2.75) is 0 Å². The third-order valence-corrected chi connectivity index (χ3v) is 1.98. The van der Waals surface area contributed by atoms with Gasteiger partial charge in [0.25, 0.3) is 6.01 Å². The van der Waals surface area contributed by atoms with Crippen LogP contribution in [0.25, 0.3) is 11.3 Å². The number of phenols is 1. The lowest BCUT2D eigenvalue weighted by Gasteiger charge is -1.97. The number of hydrogen-bond acceptors (Lipinski definition) is 5. The van der Waals surface area contributed by atoms with Crippen LogP contribution < -0.4 is 5.73 Å². The molecule has 0 unspecified atom stereocenters. The first-order valence-corrected chi connectivity index (χ1v) is 4.37. The van der Waals surface area contributed by atoms with Crippen LogP contribution in [0.3, 0.4) is 0 Å². The minimum absolute atomic E-state index is 0.0741. The molecule has 1 heterocycles. The second kappa shape index (κ2) is 3.58. The fourth-order valence-electron chi connectivity index (χ4n) is 1.29. The average Bonchev–Trinajstić information content (AvgIpc) is 2.61. The van der Waals surface area contributed by atoms with Crippen molar-refractivity contribution in [3.05, 3.63) is 30.0 Å². The number of carbonyl (C=O) groups is 1. The molecule has 0 saturated heterocycles. The van der Waals surface area contributed by atoms with Crippen LogP contribution >= 0.6 is 0 Å². The van der Waals surface area contributed by atoms with Crippen molar-refractivity contribution < 1.29 is 19.4 Å². The summed E-state index contributed by atoms with van der Waals surface area (Å²) in [5.41, 5.74) is 5.53. The molecular weight excluding hydrogens is 212 g/mol. The summed E-state index contributed by atoms with van der Waals surface area (Å²) in [5, 5.41) is 18.0. The van der Waals surface area contributed by atoms with E-state index in [-0.39, 0.29) is 23.2 Å². The number of benzene rings is 1. The fraction of sp³-hybridized carbons (Fsp3) is 0. The number of rotatable bonds is 2. The molecule has 0 spiro atoms. The van der Waals surface area contributed by atoms with Crippen molar-refractivity contribution in [1.29, 1.82) is 0 Å². The van der Waals surface area contributed by atoms with E-state index in [0.29, 0.717) is 5.56 Å². The van der Waals surface area contributed by atoms with Crippen LogP contribution in [0.4, 0.5) is 6.01 Å². The zero-order chi connectivity index (χ0) is 11.7. The summed E-state index contributed by atoms with van der Waals surface area (Å²) >= 11 is 0. The smallest absolute Gasteiger partial charge is 0.358 e. The van der Waals surface area contributed by atoms with E-state index in [9.17, 15) is 4.79 Å². The predicted octanol–water partition coefficient (Wildman–Crippen LogP) is 1.33. The van der Waals surface area contributed by atoms with E-state index < -0.39 is 5.97 Å². The Bertz CT molecular complexity index is 530. The van der Waals surface area contributed by atoms with E-state index in [1.54, 1.807) is 0 Å². The van der Waals surface area contributed by atoms with Gasteiger partial charge in [-0.2, -0.15) is 4.98 Å². The molecule has 6 heteroatoms. The lowest BCUT2D eigenvalue weighted by Crippen LogP contribution is -1.99. The molecule has 82 valence electrons. The first kappa shape index (κ1) is 10.0. The molecule has 0 aliphatic heterocycles. The molecule has 0 fully saturated rings. The molecule has 0 aliphatic carbocycles. The number of nitrogens with zero attached hydrogens (tertiary/aromatic N) is 1. The molecule has 1 aromatic heterocycles. The summed E-state index contributed by atoms with van der Waals surface area (Å²) in [4.78, 5) is 14.4. The maximum absolute atomic E-state index is 10.8. The van der Waals surface area contributed by atoms with Gasteiger partial charge in [0, 0.05) is 5.56 Å². The number of aromatic nitrogens is 1. The van der Waals surface area contributed by atoms with Gasteiger partial charge in [0.1, 0.15) is 5.75 Å². The number of nitrogen functional groups attached to an aromatic ring is 1. The fourth-order valence-corrected chi connectivity index (χ4v) is 1.29. The minimum atomic E-state index is -1.22. The molecular formula is C10H8N2O4. The number of oxazole rings is 1. The summed E-state index contributed by atoms with van der Waals surface area (Å²) in [7, 11) is 0. The van der Waals surface area contributed by atoms with E-state index in [2.05, 4.69) is 4.98 Å². The Morgan fingerprint density at radius 3 is 2.50 bits per heavy atom. The van der Waals surface area contributed by atoms with Gasteiger partial charge in [-0.05, 0) is 24.3 Å². The van der Waals surface area contributed by atoms with Crippen LogP contribution in [0.1, 0.15) is 10.5 Å². The van der Waals surface area contributed by atoms with E-state index in [1.165, 1.54) is 24.3 Å². The Balaban J connectivity index is 2.55. The highest BCUT2D eigenvalue weighted by molar-refractivity contribution is 5.92. The van der Waals surface area contributed by atoms with Crippen molar-refractivity contribution in [2.24, 2.45) is 0 Å². The van der Waals surface area contributed by atoms with Crippen LogP contribution in [-0.2, 0) is 0 Å². The van der Waals surface area contributed by atoms with Gasteiger partial charge < -0.3 is 20.4 Å². The van der Waals surface area contributed by atoms with Gasteiger partial charge in [0.05, 0.1) is 0 Å². The van der Waals surface area contributed by atoms with Crippen molar-refractivity contribution in [1.82, 2.24) is 4.98 Å². The van der Waals surface area contributed by atoms with Gasteiger partial charge in [-0.25, -0.2) is 4.79 Å². The number of hydrogen-bond donors (Lipinski definition) is 3. The molecule has 6 nitrogen and oxygen atoms in total. The first-order valence-electron chi connectivity index (χ1n) is 4.37. The highest BCUT2D eigenvalue weighted by atomic mass is 16.4. The summed E-state index contributed by atoms with van der Waals surface area (Å²) in [6, 6.07) is 5.66. The molecule has 4 N–H and O–H groups in total. The predicted molar refractivity (Wildman–Crippen MR) is 55.0 cm³/mol. The van der Waals surface area contributed by atoms with E-state index >= 15 is 0 Å². The number of aromatic hydroxyl groups is 1. The van der Waals surface area contributed by atoms with Crippen LogP contribution in [0.5, 0.6) is 5.75 Å². The SMILES string of the molecule is Nc1nc(C(=O)O)c(-c2ccc(O)cc2)o1. The monoisotopic (exact) mass is 220 g/mol. The topological polar surface area (TPSA) is 110 Å². The molecule has 16 heavy (non-hydrogen) atoms. The highest BCUT2D eigenvalue weighted by Gasteiger charge is 2.19. The summed E-state index contributed by atoms with van der Waals surface area (Å²) in [5.74, 6) is -1.07. The number of carboxylic acids is 1.